The molecule has 1 aliphatic rings. The van der Waals surface area contributed by atoms with Crippen molar-refractivity contribution in [2.24, 2.45) is 0 Å². The number of hydrogen-bond acceptors (Lipinski definition) is 7. The lowest BCUT2D eigenvalue weighted by Crippen LogP contribution is -2.30. The molecular formula is C14H16N4O4S2. The first-order valence-corrected chi connectivity index (χ1v) is 9.74. The normalized spacial score (nSPS) is 15.2. The first kappa shape index (κ1) is 16.7. The Morgan fingerprint density at radius 3 is 2.58 bits per heavy atom. The first-order chi connectivity index (χ1) is 11.5. The average molecular weight is 368 g/mol. The third-order valence-electron chi connectivity index (χ3n) is 3.71. The number of carbonyl (C=O) groups is 1. The highest BCUT2D eigenvalue weighted by Crippen LogP contribution is 2.25. The van der Waals surface area contributed by atoms with Crippen molar-refractivity contribution in [2.45, 2.75) is 24.2 Å². The van der Waals surface area contributed by atoms with Crippen LogP contribution < -0.4 is 9.62 Å². The van der Waals surface area contributed by atoms with Gasteiger partial charge in [-0.1, -0.05) is 0 Å². The molecule has 3 heterocycles. The first-order valence-electron chi connectivity index (χ1n) is 7.38. The van der Waals surface area contributed by atoms with Gasteiger partial charge in [0.1, 0.15) is 15.7 Å². The Labute approximate surface area is 143 Å². The van der Waals surface area contributed by atoms with Crippen LogP contribution >= 0.6 is 11.3 Å². The van der Waals surface area contributed by atoms with E-state index in [2.05, 4.69) is 19.6 Å². The van der Waals surface area contributed by atoms with Gasteiger partial charge in [0.05, 0.1) is 5.51 Å². The number of thiazole rings is 1. The quantitative estimate of drug-likeness (QED) is 0.830. The van der Waals surface area contributed by atoms with Crippen molar-refractivity contribution in [3.8, 4) is 0 Å². The lowest BCUT2D eigenvalue weighted by Gasteiger charge is -2.27. The molecular weight excluding hydrogens is 352 g/mol. The summed E-state index contributed by atoms with van der Waals surface area (Å²) in [5, 5.41) is 8.97. The number of hydrogen-bond donors (Lipinski definition) is 2. The second kappa shape index (κ2) is 6.73. The van der Waals surface area contributed by atoms with Gasteiger partial charge < -0.3 is 10.0 Å². The number of rotatable bonds is 5. The number of nitrogens with one attached hydrogen (secondary N) is 1. The summed E-state index contributed by atoms with van der Waals surface area (Å²) >= 11 is 0.914. The van der Waals surface area contributed by atoms with Crippen molar-refractivity contribution in [2.75, 3.05) is 22.7 Å². The van der Waals surface area contributed by atoms with E-state index in [0.717, 1.165) is 43.1 Å². The third-order valence-corrected chi connectivity index (χ3v) is 5.91. The van der Waals surface area contributed by atoms with Gasteiger partial charge in [0.15, 0.2) is 5.69 Å². The highest BCUT2D eigenvalue weighted by atomic mass is 32.2. The van der Waals surface area contributed by atoms with E-state index in [1.807, 2.05) is 0 Å². The van der Waals surface area contributed by atoms with Crippen molar-refractivity contribution >= 4 is 38.1 Å². The van der Waals surface area contributed by atoms with Gasteiger partial charge in [-0.2, -0.15) is 0 Å². The topological polar surface area (TPSA) is 112 Å². The zero-order chi connectivity index (χ0) is 17.2. The lowest BCUT2D eigenvalue weighted by molar-refractivity contribution is 0.0692. The maximum Gasteiger partial charge on any atom is 0.357 e. The molecule has 0 atom stereocenters. The fourth-order valence-electron chi connectivity index (χ4n) is 2.49. The van der Waals surface area contributed by atoms with E-state index in [1.54, 1.807) is 6.07 Å². The Morgan fingerprint density at radius 2 is 1.96 bits per heavy atom. The summed E-state index contributed by atoms with van der Waals surface area (Å²) < 4.78 is 27.0. The summed E-state index contributed by atoms with van der Waals surface area (Å²) in [4.78, 5) is 21.0. The minimum Gasteiger partial charge on any atom is -0.476 e. The number of anilines is 2. The molecule has 1 fully saturated rings. The Kier molecular flexibility index (Phi) is 4.67. The largest absolute Gasteiger partial charge is 0.476 e. The van der Waals surface area contributed by atoms with E-state index in [4.69, 9.17) is 5.11 Å². The van der Waals surface area contributed by atoms with Gasteiger partial charge in [-0.25, -0.2) is 23.2 Å². The molecule has 0 unspecified atom stereocenters. The minimum absolute atomic E-state index is 0.0204. The second-order valence-corrected chi connectivity index (χ2v) is 7.88. The molecule has 10 heteroatoms. The van der Waals surface area contributed by atoms with E-state index in [1.165, 1.54) is 24.2 Å². The van der Waals surface area contributed by atoms with Gasteiger partial charge in [0.25, 0.3) is 10.0 Å². The van der Waals surface area contributed by atoms with E-state index in [-0.39, 0.29) is 15.6 Å². The third kappa shape index (κ3) is 3.49. The van der Waals surface area contributed by atoms with Crippen molar-refractivity contribution in [1.29, 1.82) is 0 Å². The van der Waals surface area contributed by atoms with Crippen LogP contribution in [0.25, 0.3) is 0 Å². The Morgan fingerprint density at radius 1 is 1.21 bits per heavy atom. The molecule has 128 valence electrons. The maximum atomic E-state index is 12.4. The molecule has 8 nitrogen and oxygen atoms in total. The van der Waals surface area contributed by atoms with Crippen LogP contribution in [-0.2, 0) is 10.0 Å². The van der Waals surface area contributed by atoms with Crippen LogP contribution in [0.4, 0.5) is 10.8 Å². The van der Waals surface area contributed by atoms with Crippen LogP contribution in [0.15, 0.2) is 28.7 Å². The number of nitrogens with zero attached hydrogens (tertiary/aromatic N) is 3. The van der Waals surface area contributed by atoms with E-state index in [9.17, 15) is 13.2 Å². The standard InChI is InChI=1S/C14H16N4O4S2/c19-14(20)12-13(23-9-16-12)17-24(21,22)10-4-5-11(15-8-10)18-6-2-1-3-7-18/h4-5,8-9,17H,1-3,6-7H2,(H,19,20). The summed E-state index contributed by atoms with van der Waals surface area (Å²) in [5.41, 5.74) is 0.959. The summed E-state index contributed by atoms with van der Waals surface area (Å²) in [7, 11) is -3.91. The Bertz CT molecular complexity index is 827. The van der Waals surface area contributed by atoms with E-state index >= 15 is 0 Å². The second-order valence-electron chi connectivity index (χ2n) is 5.34. The van der Waals surface area contributed by atoms with Gasteiger partial charge >= 0.3 is 5.97 Å². The molecule has 2 N–H and O–H groups in total. The number of sulfonamides is 1. The molecule has 24 heavy (non-hydrogen) atoms. The van der Waals surface area contributed by atoms with Gasteiger partial charge in [0.2, 0.25) is 0 Å². The van der Waals surface area contributed by atoms with Crippen LogP contribution in [0.5, 0.6) is 0 Å². The van der Waals surface area contributed by atoms with Gasteiger partial charge in [-0.3, -0.25) is 4.72 Å². The number of aromatic nitrogens is 2. The molecule has 0 aliphatic carbocycles. The fourth-order valence-corrected chi connectivity index (χ4v) is 4.43. The average Bonchev–Trinajstić information content (AvgIpc) is 3.03. The van der Waals surface area contributed by atoms with Crippen molar-refractivity contribution in [3.63, 3.8) is 0 Å². The molecule has 0 bridgehead atoms. The molecule has 2 aromatic rings. The van der Waals surface area contributed by atoms with Crippen molar-refractivity contribution < 1.29 is 18.3 Å². The number of aromatic carboxylic acids is 1. The molecule has 1 aliphatic heterocycles. The molecule has 3 rings (SSSR count). The molecule has 0 amide bonds. The zero-order valence-corrected chi connectivity index (χ0v) is 14.3. The lowest BCUT2D eigenvalue weighted by atomic mass is 10.1. The number of carboxylic acids is 1. The Balaban J connectivity index is 1.79. The van der Waals surface area contributed by atoms with Crippen LogP contribution in [0.2, 0.25) is 0 Å². The molecule has 0 aromatic carbocycles. The highest BCUT2D eigenvalue weighted by molar-refractivity contribution is 7.93. The summed E-state index contributed by atoms with van der Waals surface area (Å²) in [6.07, 6.45) is 4.70. The SMILES string of the molecule is O=C(O)c1ncsc1NS(=O)(=O)c1ccc(N2CCCCC2)nc1. The van der Waals surface area contributed by atoms with Crippen LogP contribution in [-0.4, -0.2) is 42.6 Å². The summed E-state index contributed by atoms with van der Waals surface area (Å²) in [5.74, 6) is -0.537. The van der Waals surface area contributed by atoms with Crippen LogP contribution in [0.3, 0.4) is 0 Å². The molecule has 0 radical (unpaired) electrons. The van der Waals surface area contributed by atoms with Gasteiger partial charge in [-0.15, -0.1) is 11.3 Å². The number of pyridine rings is 1. The van der Waals surface area contributed by atoms with Crippen molar-refractivity contribution in [1.82, 2.24) is 9.97 Å². The molecule has 0 spiro atoms. The minimum atomic E-state index is -3.91. The summed E-state index contributed by atoms with van der Waals surface area (Å²) in [6.45, 7) is 1.83. The monoisotopic (exact) mass is 368 g/mol. The van der Waals surface area contributed by atoms with E-state index in [0.29, 0.717) is 0 Å². The van der Waals surface area contributed by atoms with Gasteiger partial charge in [-0.05, 0) is 31.4 Å². The maximum absolute atomic E-state index is 12.4. The predicted octanol–water partition coefficient (Wildman–Crippen LogP) is 2.03. The van der Waals surface area contributed by atoms with E-state index < -0.39 is 16.0 Å². The molecule has 2 aromatic heterocycles. The Hall–Kier alpha value is -2.20. The highest BCUT2D eigenvalue weighted by Gasteiger charge is 2.22. The summed E-state index contributed by atoms with van der Waals surface area (Å²) in [6, 6.07) is 3.14. The van der Waals surface area contributed by atoms with Gasteiger partial charge in [0, 0.05) is 19.3 Å². The van der Waals surface area contributed by atoms with Crippen LogP contribution in [0.1, 0.15) is 29.8 Å². The molecule has 0 saturated carbocycles. The van der Waals surface area contributed by atoms with Crippen molar-refractivity contribution in [3.05, 3.63) is 29.5 Å². The predicted molar refractivity (Wildman–Crippen MR) is 90.2 cm³/mol. The fraction of sp³-hybridized carbons (Fsp3) is 0.357. The van der Waals surface area contributed by atoms with Crippen LogP contribution in [0, 0.1) is 0 Å². The zero-order valence-electron chi connectivity index (χ0n) is 12.7. The smallest absolute Gasteiger partial charge is 0.357 e. The molecule has 1 saturated heterocycles. The number of piperidine rings is 1. The number of carboxylic acid groups (broad SMARTS) is 1.